The summed E-state index contributed by atoms with van der Waals surface area (Å²) in [6, 6.07) is 1.62. The Morgan fingerprint density at radius 3 is 1.01 bits per heavy atom. The summed E-state index contributed by atoms with van der Waals surface area (Å²) in [5.74, 6) is -4.36. The van der Waals surface area contributed by atoms with E-state index in [1.807, 2.05) is 0 Å². The maximum atomic E-state index is 13.9. The Morgan fingerprint density at radius 1 is 0.414 bits per heavy atom. The van der Waals surface area contributed by atoms with E-state index < -0.39 is 66.0 Å². The lowest BCUT2D eigenvalue weighted by Crippen LogP contribution is -2.54. The van der Waals surface area contributed by atoms with Crippen LogP contribution in [0.4, 0.5) is 10.5 Å². The number of carboxylic acid groups (broad SMARTS) is 1. The fourth-order valence-corrected chi connectivity index (χ4v) is 10.5. The van der Waals surface area contributed by atoms with Gasteiger partial charge in [-0.05, 0) is 42.0 Å². The Labute approximate surface area is 753 Å². The predicted octanol–water partition coefficient (Wildman–Crippen LogP) is -0.0579. The summed E-state index contributed by atoms with van der Waals surface area (Å²) < 4.78 is 155. The molecule has 0 radical (unpaired) electrons. The minimum Gasteiger partial charge on any atom is -0.481 e. The van der Waals surface area contributed by atoms with Crippen molar-refractivity contribution in [2.45, 2.75) is 71.2 Å². The molecule has 0 unspecified atom stereocenters. The zero-order valence-electron chi connectivity index (χ0n) is 76.4. The summed E-state index contributed by atoms with van der Waals surface area (Å²) in [7, 11) is 1.57. The highest BCUT2D eigenvalue weighted by molar-refractivity contribution is 6.12. The summed E-state index contributed by atoms with van der Waals surface area (Å²) >= 11 is 0. The number of rotatable bonds is 98. The van der Waals surface area contributed by atoms with Gasteiger partial charge in [0.2, 0.25) is 23.6 Å². The van der Waals surface area contributed by atoms with Gasteiger partial charge in [-0.2, -0.15) is 0 Å². The van der Waals surface area contributed by atoms with Gasteiger partial charge in [-0.15, -0.1) is 0 Å². The van der Waals surface area contributed by atoms with E-state index in [0.717, 1.165) is 17.1 Å². The first kappa shape index (κ1) is 115. The molecular weight excluding hydrogens is 1700 g/mol. The van der Waals surface area contributed by atoms with Crippen molar-refractivity contribution >= 4 is 59.6 Å². The van der Waals surface area contributed by atoms with Crippen molar-refractivity contribution in [1.29, 1.82) is 0 Å². The molecule has 8 amide bonds. The number of hydrogen-bond acceptors (Lipinski definition) is 36. The quantitative estimate of drug-likeness (QED) is 0.0283. The highest BCUT2D eigenvalue weighted by Crippen LogP contribution is 2.21. The van der Waals surface area contributed by atoms with Crippen molar-refractivity contribution < 1.29 is 178 Å². The van der Waals surface area contributed by atoms with Gasteiger partial charge in [0.15, 0.2) is 1.37 Å². The molecule has 7 N–H and O–H groups in total. The monoisotopic (exact) mass is 1850 g/mol. The number of amides is 8. The summed E-state index contributed by atoms with van der Waals surface area (Å²) in [6.45, 7) is 24.0. The van der Waals surface area contributed by atoms with E-state index in [0.29, 0.717) is 315 Å². The van der Waals surface area contributed by atoms with Gasteiger partial charge >= 0.3 is 12.0 Å². The number of carboxylic acids is 1. The van der Waals surface area contributed by atoms with Gasteiger partial charge in [0.05, 0.1) is 363 Å². The lowest BCUT2D eigenvalue weighted by atomic mass is 10.0. The fraction of sp³-hybridized carbons (Fsp3) is 0.798. The van der Waals surface area contributed by atoms with Crippen LogP contribution in [0, 0.1) is 5.92 Å². The number of ether oxygens (including phenoxy) is 27. The Kier molecular flexibility index (Phi) is 79.4. The number of nitrogens with two attached hydrogens (primary N) is 1. The van der Waals surface area contributed by atoms with Crippen LogP contribution in [0.3, 0.4) is 0 Å². The van der Waals surface area contributed by atoms with Gasteiger partial charge in [-0.3, -0.25) is 43.3 Å². The van der Waals surface area contributed by atoms with Gasteiger partial charge in [0, 0.05) is 44.4 Å². The first-order chi connectivity index (χ1) is 63.0. The minimum absolute atomic E-state index is 0.000753. The van der Waals surface area contributed by atoms with Gasteiger partial charge in [0.25, 0.3) is 18.3 Å². The number of nitrogens with one attached hydrogen (secondary N) is 4. The molecule has 44 heteroatoms. The number of urea groups is 1. The molecule has 0 saturated heterocycles. The van der Waals surface area contributed by atoms with Crippen LogP contribution in [0.5, 0.6) is 0 Å². The van der Waals surface area contributed by atoms with Crippen molar-refractivity contribution in [3.63, 3.8) is 0 Å². The number of nitrogens with zero attached hydrogens (tertiary/aromatic N) is 2. The zero-order chi connectivity index (χ0) is 93.4. The van der Waals surface area contributed by atoms with Crippen LogP contribution in [-0.4, -0.2) is 445 Å². The largest absolute Gasteiger partial charge is 0.481 e. The molecule has 0 aliphatic carbocycles. The topological polar surface area (TPSA) is 504 Å². The van der Waals surface area contributed by atoms with Crippen LogP contribution in [0.1, 0.15) is 58.4 Å². The zero-order valence-corrected chi connectivity index (χ0v) is 75.4. The summed E-state index contributed by atoms with van der Waals surface area (Å²) in [5.41, 5.74) is 6.41. The summed E-state index contributed by atoms with van der Waals surface area (Å²) in [5, 5.41) is 19.2. The summed E-state index contributed by atoms with van der Waals surface area (Å²) in [4.78, 5) is 113. The highest BCUT2D eigenvalue weighted by atomic mass is 16.6. The van der Waals surface area contributed by atoms with Gasteiger partial charge in [-0.1, -0.05) is 19.9 Å². The molecule has 1 aliphatic rings. The molecule has 1 aromatic rings. The van der Waals surface area contributed by atoms with E-state index >= 15 is 0 Å². The Bertz CT molecular complexity index is 2970. The number of aliphatic carboxylic acids is 1. The van der Waals surface area contributed by atoms with E-state index in [4.69, 9.17) is 140 Å². The minimum atomic E-state index is -1.27. The first-order valence-electron chi connectivity index (χ1n) is 44.2. The van der Waals surface area contributed by atoms with Crippen molar-refractivity contribution in [3.8, 4) is 0 Å². The fourth-order valence-electron chi connectivity index (χ4n) is 10.5. The van der Waals surface area contributed by atoms with Crippen LogP contribution in [-0.2, 0) is 179 Å². The van der Waals surface area contributed by atoms with E-state index in [1.54, 1.807) is 33.0 Å². The molecule has 0 saturated carbocycles. The number of primary amides is 1. The van der Waals surface area contributed by atoms with Crippen molar-refractivity contribution in [2.75, 3.05) is 369 Å². The Morgan fingerprint density at radius 2 is 0.711 bits per heavy atom. The second kappa shape index (κ2) is 88.1. The van der Waals surface area contributed by atoms with E-state index in [-0.39, 0.29) is 110 Å². The second-order valence-corrected chi connectivity index (χ2v) is 27.6. The van der Waals surface area contributed by atoms with Gasteiger partial charge in [-0.25, -0.2) is 4.79 Å². The molecule has 1 aromatic carbocycles. The average molecular weight is 1850 g/mol. The number of anilines is 1. The SMILES string of the molecule is [2H]C(=O)OCc1ccc(NC(=O)[C@H](CCCNC(N)=O)NC(=O)[C@@H](NC(=O)CCOCCN2C(=O)C=CC2=O)C(C)C)cc1CN(C)C(=O)CCOCCOCCOCCOCCOCCOCCOCCOCCOCCOCCOCCOCCOCCOCCOCCOCCOCCOCCOCCOCCOCCOCCOCCOCCOCCC(=O)O. The normalized spacial score (nSPS) is 12.6. The Hall–Kier alpha value is -6.85. The van der Waals surface area contributed by atoms with Gasteiger partial charge in [0.1, 0.15) is 18.7 Å². The van der Waals surface area contributed by atoms with Crippen LogP contribution >= 0.6 is 0 Å². The molecular formula is C84H147N7O37. The van der Waals surface area contributed by atoms with E-state index in [2.05, 4.69) is 21.3 Å². The van der Waals surface area contributed by atoms with Gasteiger partial charge < -0.3 is 165 Å². The number of hydrogen-bond donors (Lipinski definition) is 6. The molecule has 1 heterocycles. The molecule has 2 atom stereocenters. The maximum absolute atomic E-state index is 13.9. The van der Waals surface area contributed by atoms with Crippen LogP contribution in [0.25, 0.3) is 0 Å². The molecule has 44 nitrogen and oxygen atoms in total. The second-order valence-electron chi connectivity index (χ2n) is 27.6. The third-order valence-electron chi connectivity index (χ3n) is 17.1. The summed E-state index contributed by atoms with van der Waals surface area (Å²) in [6.07, 6.45) is 1.15. The molecule has 0 aromatic heterocycles. The molecule has 1 aliphatic heterocycles. The van der Waals surface area contributed by atoms with E-state index in [9.17, 15) is 43.2 Å². The standard InChI is InChI=1S/C84H147N7O37/c1-71(2)81(89-76(93)10-15-102-18-14-91-78(95)8-9-79(91)96)83(100)88-75(5-4-13-86-84(85)101)82(99)87-74-7-6-72(69-128-70-92)73(67-74)68-90(3)77(94)11-16-103-19-21-105-23-25-107-27-29-109-31-33-111-35-37-113-39-41-115-43-45-117-47-49-119-51-53-121-55-57-123-59-61-125-63-65-127-66-64-126-62-60-124-58-56-122-54-52-120-50-48-118-46-44-116-42-40-114-38-36-112-34-32-110-30-28-108-26-24-106-22-20-104-17-12-80(97)98/h6-9,67,70-71,75,81H,4-5,10-66,68-69H2,1-3H3,(H,87,99)(H,88,100)(H,89,93)(H,97,98)(H3,85,86,101)/t75-,81-/m0/s1/i70D. The van der Waals surface area contributed by atoms with Crippen molar-refractivity contribution in [2.24, 2.45) is 11.7 Å². The van der Waals surface area contributed by atoms with Crippen molar-refractivity contribution in [3.05, 3.63) is 41.5 Å². The molecule has 128 heavy (non-hydrogen) atoms. The highest BCUT2D eigenvalue weighted by Gasteiger charge is 2.30. The maximum Gasteiger partial charge on any atom is 0.312 e. The molecule has 0 spiro atoms. The third-order valence-corrected chi connectivity index (χ3v) is 17.1. The lowest BCUT2D eigenvalue weighted by molar-refractivity contribution is -0.139. The number of carbonyl (C=O) groups is 9. The smallest absolute Gasteiger partial charge is 0.312 e. The number of carbonyl (C=O) groups excluding carboxylic acids is 8. The number of benzene rings is 1. The van der Waals surface area contributed by atoms with Crippen molar-refractivity contribution in [1.82, 2.24) is 25.8 Å². The average Bonchev–Trinajstić information content (AvgIpc) is 1.19. The Balaban J connectivity index is 1.30. The van der Waals surface area contributed by atoms with Crippen LogP contribution in [0.2, 0.25) is 0 Å². The lowest BCUT2D eigenvalue weighted by Gasteiger charge is -2.26. The third kappa shape index (κ3) is 73.8. The first-order valence-corrected chi connectivity index (χ1v) is 43.7. The number of imide groups is 1. The predicted molar refractivity (Wildman–Crippen MR) is 457 cm³/mol. The molecule has 2 rings (SSSR count). The van der Waals surface area contributed by atoms with Crippen LogP contribution in [0.15, 0.2) is 30.4 Å². The van der Waals surface area contributed by atoms with Crippen LogP contribution < -0.4 is 27.0 Å². The molecule has 0 fully saturated rings. The molecule has 0 bridgehead atoms. The molecule has 740 valence electrons. The van der Waals surface area contributed by atoms with E-state index in [1.165, 1.54) is 11.0 Å².